The van der Waals surface area contributed by atoms with Crippen LogP contribution in [-0.4, -0.2) is 12.7 Å². The molecule has 2 N–H and O–H groups in total. The fourth-order valence-electron chi connectivity index (χ4n) is 1.32. The fraction of sp³-hybridized carbons (Fsp3) is 1.00. The number of rotatable bonds is 1. The van der Waals surface area contributed by atoms with Gasteiger partial charge in [0, 0.05) is 0 Å². The molecule has 1 aliphatic carbocycles. The molecule has 0 atom stereocenters. The topological polar surface area (TPSA) is 26.0 Å². The third-order valence-electron chi connectivity index (χ3n) is 2.11. The van der Waals surface area contributed by atoms with Gasteiger partial charge in [0.15, 0.2) is 0 Å². The van der Waals surface area contributed by atoms with E-state index in [4.69, 9.17) is 5.73 Å². The summed E-state index contributed by atoms with van der Waals surface area (Å²) < 4.78 is 0. The van der Waals surface area contributed by atoms with Crippen LogP contribution in [0.3, 0.4) is 0 Å². The lowest BCUT2D eigenvalue weighted by atomic mass is 9.60. The second-order valence-electron chi connectivity index (χ2n) is 2.73. The van der Waals surface area contributed by atoms with E-state index >= 15 is 0 Å². The quantitative estimate of drug-likeness (QED) is 0.556. The summed E-state index contributed by atoms with van der Waals surface area (Å²) in [5.41, 5.74) is 6.01. The number of halogens is 1. The lowest BCUT2D eigenvalue weighted by Crippen LogP contribution is -2.41. The largest absolute Gasteiger partial charge is 0.332 e. The van der Waals surface area contributed by atoms with Crippen molar-refractivity contribution in [2.24, 2.45) is 5.73 Å². The van der Waals surface area contributed by atoms with Crippen molar-refractivity contribution in [1.29, 1.82) is 0 Å². The molecule has 0 aromatic heterocycles. The average Bonchev–Trinajstić information content (AvgIpc) is 2.17. The summed E-state index contributed by atoms with van der Waals surface area (Å²) in [6.45, 7) is 2.06. The first-order chi connectivity index (χ1) is 3.77. The van der Waals surface area contributed by atoms with Crippen LogP contribution < -0.4 is 5.73 Å². The predicted octanol–water partition coefficient (Wildman–Crippen LogP) is 1.39. The Kier molecular flexibility index (Phi) is 3.60. The van der Waals surface area contributed by atoms with Gasteiger partial charge < -0.3 is 5.73 Å². The Labute approximate surface area is 64.0 Å². The van der Waals surface area contributed by atoms with Crippen molar-refractivity contribution in [3.8, 4) is 0 Å². The lowest BCUT2D eigenvalue weighted by molar-refractivity contribution is 0.615. The van der Waals surface area contributed by atoms with E-state index in [0.717, 1.165) is 0 Å². The smallest absolute Gasteiger partial charge is 0.133 e. The molecule has 1 fully saturated rings. The standard InChI is InChI=1S/C6H13BN.ClH/c1-7-6(8)4-2-3-5-6;/h2-5,8H2,1H3;1H. The van der Waals surface area contributed by atoms with Crippen molar-refractivity contribution < 1.29 is 0 Å². The third-order valence-corrected chi connectivity index (χ3v) is 2.11. The van der Waals surface area contributed by atoms with Crippen molar-refractivity contribution in [3.63, 3.8) is 0 Å². The van der Waals surface area contributed by atoms with Crippen LogP contribution in [0.5, 0.6) is 0 Å². The van der Waals surface area contributed by atoms with Crippen LogP contribution in [0.4, 0.5) is 0 Å². The highest BCUT2D eigenvalue weighted by molar-refractivity contribution is 6.38. The van der Waals surface area contributed by atoms with Crippen molar-refractivity contribution in [3.05, 3.63) is 0 Å². The van der Waals surface area contributed by atoms with E-state index in [9.17, 15) is 0 Å². The molecule has 1 saturated carbocycles. The molecule has 0 aliphatic heterocycles. The van der Waals surface area contributed by atoms with E-state index in [2.05, 4.69) is 14.1 Å². The van der Waals surface area contributed by atoms with Crippen LogP contribution in [0, 0.1) is 0 Å². The Morgan fingerprint density at radius 1 is 1.33 bits per heavy atom. The van der Waals surface area contributed by atoms with Crippen molar-refractivity contribution in [1.82, 2.24) is 0 Å². The molecule has 0 saturated heterocycles. The van der Waals surface area contributed by atoms with Crippen LogP contribution in [-0.2, 0) is 0 Å². The summed E-state index contributed by atoms with van der Waals surface area (Å²) in [4.78, 5) is 0. The van der Waals surface area contributed by atoms with E-state index in [1.54, 1.807) is 0 Å². The van der Waals surface area contributed by atoms with E-state index in [1.807, 2.05) is 0 Å². The Balaban J connectivity index is 0.000000640. The zero-order valence-electron chi connectivity index (χ0n) is 5.89. The molecule has 0 amide bonds. The fourth-order valence-corrected chi connectivity index (χ4v) is 1.32. The Bertz CT molecular complexity index is 81.1. The van der Waals surface area contributed by atoms with Gasteiger partial charge in [-0.1, -0.05) is 19.7 Å². The molecule has 0 bridgehead atoms. The highest BCUT2D eigenvalue weighted by atomic mass is 35.5. The zero-order valence-corrected chi connectivity index (χ0v) is 6.71. The number of hydrogen-bond donors (Lipinski definition) is 1. The van der Waals surface area contributed by atoms with Gasteiger partial charge in [-0.25, -0.2) is 0 Å². The van der Waals surface area contributed by atoms with Gasteiger partial charge >= 0.3 is 0 Å². The van der Waals surface area contributed by atoms with E-state index in [0.29, 0.717) is 0 Å². The van der Waals surface area contributed by atoms with Crippen LogP contribution in [0.1, 0.15) is 25.7 Å². The summed E-state index contributed by atoms with van der Waals surface area (Å²) in [7, 11) is 2.14. The maximum absolute atomic E-state index is 5.90. The molecule has 53 valence electrons. The van der Waals surface area contributed by atoms with Crippen LogP contribution in [0.25, 0.3) is 0 Å². The predicted molar refractivity (Wildman–Crippen MR) is 44.3 cm³/mol. The lowest BCUT2D eigenvalue weighted by Gasteiger charge is -2.19. The van der Waals surface area contributed by atoms with Crippen molar-refractivity contribution in [2.45, 2.75) is 37.9 Å². The minimum atomic E-state index is 0. The van der Waals surface area contributed by atoms with Crippen LogP contribution in [0.15, 0.2) is 0 Å². The molecule has 1 radical (unpaired) electrons. The first-order valence-electron chi connectivity index (χ1n) is 3.36. The third kappa shape index (κ3) is 2.19. The summed E-state index contributed by atoms with van der Waals surface area (Å²) in [5.74, 6) is 0. The van der Waals surface area contributed by atoms with Crippen LogP contribution in [0.2, 0.25) is 6.82 Å². The highest BCUT2D eigenvalue weighted by Gasteiger charge is 2.26. The van der Waals surface area contributed by atoms with Crippen molar-refractivity contribution >= 4 is 19.7 Å². The summed E-state index contributed by atoms with van der Waals surface area (Å²) in [6.07, 6.45) is 5.04. The normalized spacial score (nSPS) is 22.9. The second-order valence-corrected chi connectivity index (χ2v) is 2.73. The minimum absolute atomic E-state index is 0. The van der Waals surface area contributed by atoms with Gasteiger partial charge in [0.2, 0.25) is 0 Å². The second kappa shape index (κ2) is 3.48. The highest BCUT2D eigenvalue weighted by Crippen LogP contribution is 2.25. The van der Waals surface area contributed by atoms with Gasteiger partial charge in [-0.15, -0.1) is 12.4 Å². The molecule has 0 heterocycles. The van der Waals surface area contributed by atoms with Gasteiger partial charge in [-0.05, 0) is 18.3 Å². The number of hydrogen-bond acceptors (Lipinski definition) is 1. The van der Waals surface area contributed by atoms with Gasteiger partial charge in [-0.2, -0.15) is 0 Å². The Morgan fingerprint density at radius 2 is 1.78 bits per heavy atom. The Morgan fingerprint density at radius 3 is 2.00 bits per heavy atom. The maximum atomic E-state index is 5.90. The monoisotopic (exact) mass is 146 g/mol. The molecule has 0 spiro atoms. The first-order valence-corrected chi connectivity index (χ1v) is 3.36. The molecule has 1 nitrogen and oxygen atoms in total. The summed E-state index contributed by atoms with van der Waals surface area (Å²) >= 11 is 0. The first kappa shape index (κ1) is 9.31. The molecule has 0 aromatic carbocycles. The SMILES string of the molecule is C[B]C1(N)CCCC1.Cl. The van der Waals surface area contributed by atoms with E-state index in [-0.39, 0.29) is 17.8 Å². The van der Waals surface area contributed by atoms with Gasteiger partial charge in [-0.3, -0.25) is 0 Å². The molecule has 1 rings (SSSR count). The van der Waals surface area contributed by atoms with Gasteiger partial charge in [0.05, 0.1) is 0 Å². The van der Waals surface area contributed by atoms with E-state index < -0.39 is 0 Å². The molecule has 0 unspecified atom stereocenters. The maximum Gasteiger partial charge on any atom is 0.133 e. The summed E-state index contributed by atoms with van der Waals surface area (Å²) in [6, 6.07) is 0. The molecule has 9 heavy (non-hydrogen) atoms. The molecule has 1 aliphatic rings. The molecule has 0 aromatic rings. The molecular formula is C6H14BClN. The minimum Gasteiger partial charge on any atom is -0.332 e. The molecule has 3 heteroatoms. The van der Waals surface area contributed by atoms with Crippen LogP contribution >= 0.6 is 12.4 Å². The van der Waals surface area contributed by atoms with Gasteiger partial charge in [0.1, 0.15) is 7.28 Å². The van der Waals surface area contributed by atoms with Crippen molar-refractivity contribution in [2.75, 3.05) is 0 Å². The molecular weight excluding hydrogens is 132 g/mol. The summed E-state index contributed by atoms with van der Waals surface area (Å²) in [5, 5.41) is 0. The zero-order chi connectivity index (χ0) is 6.04. The van der Waals surface area contributed by atoms with E-state index in [1.165, 1.54) is 25.7 Å². The van der Waals surface area contributed by atoms with Gasteiger partial charge in [0.25, 0.3) is 0 Å². The number of nitrogens with two attached hydrogens (primary N) is 1. The average molecular weight is 146 g/mol. The Hall–Kier alpha value is 0.315.